The van der Waals surface area contributed by atoms with Crippen molar-refractivity contribution in [3.05, 3.63) is 69.8 Å². The standard InChI is InChI=1S/C18H14F3N3O5/c19-18(20,21)28-12-7-5-11(6-8-12)10-22-17(25)16-9-14(23-29-16)13-3-1-2-4-15(13)24(26)27/h1-8,16H,9-10H2,(H,22,25). The van der Waals surface area contributed by atoms with E-state index in [2.05, 4.69) is 15.2 Å². The van der Waals surface area contributed by atoms with E-state index in [1.807, 2.05) is 0 Å². The van der Waals surface area contributed by atoms with Crippen molar-refractivity contribution in [1.82, 2.24) is 5.32 Å². The molecule has 0 aliphatic carbocycles. The van der Waals surface area contributed by atoms with Crippen LogP contribution in [0, 0.1) is 10.1 Å². The second-order valence-corrected chi connectivity index (χ2v) is 6.02. The van der Waals surface area contributed by atoms with Crippen LogP contribution in [0.2, 0.25) is 0 Å². The van der Waals surface area contributed by atoms with Gasteiger partial charge in [0.2, 0.25) is 6.10 Å². The third-order valence-corrected chi connectivity index (χ3v) is 4.00. The van der Waals surface area contributed by atoms with Gasteiger partial charge in [0, 0.05) is 19.0 Å². The molecule has 1 aliphatic heterocycles. The molecule has 0 saturated heterocycles. The van der Waals surface area contributed by atoms with Crippen molar-refractivity contribution in [2.75, 3.05) is 0 Å². The first kappa shape index (κ1) is 20.1. The van der Waals surface area contributed by atoms with Gasteiger partial charge in [-0.3, -0.25) is 14.9 Å². The van der Waals surface area contributed by atoms with Gasteiger partial charge >= 0.3 is 6.36 Å². The van der Waals surface area contributed by atoms with Crippen molar-refractivity contribution < 1.29 is 32.5 Å². The minimum absolute atomic E-state index is 0.0474. The van der Waals surface area contributed by atoms with Crippen LogP contribution in [0.15, 0.2) is 53.7 Å². The number of nitrogens with one attached hydrogen (secondary N) is 1. The molecule has 2 aromatic rings. The molecule has 0 fully saturated rings. The van der Waals surface area contributed by atoms with Crippen molar-refractivity contribution >= 4 is 17.3 Å². The molecule has 1 unspecified atom stereocenters. The summed E-state index contributed by atoms with van der Waals surface area (Å²) in [4.78, 5) is 27.9. The van der Waals surface area contributed by atoms with E-state index in [4.69, 9.17) is 4.84 Å². The van der Waals surface area contributed by atoms with Crippen LogP contribution in [0.5, 0.6) is 5.75 Å². The van der Waals surface area contributed by atoms with Crippen molar-refractivity contribution in [1.29, 1.82) is 0 Å². The SMILES string of the molecule is O=C(NCc1ccc(OC(F)(F)F)cc1)C1CC(c2ccccc2[N+](=O)[O-])=NO1. The van der Waals surface area contributed by atoms with E-state index in [1.54, 1.807) is 6.07 Å². The first-order chi connectivity index (χ1) is 13.7. The van der Waals surface area contributed by atoms with Gasteiger partial charge in [0.25, 0.3) is 11.6 Å². The van der Waals surface area contributed by atoms with Crippen LogP contribution in [0.1, 0.15) is 17.5 Å². The molecule has 11 heteroatoms. The maximum atomic E-state index is 12.3. The molecule has 0 saturated carbocycles. The van der Waals surface area contributed by atoms with Gasteiger partial charge in [-0.25, -0.2) is 0 Å². The van der Waals surface area contributed by atoms with Crippen LogP contribution in [0.3, 0.4) is 0 Å². The quantitative estimate of drug-likeness (QED) is 0.583. The zero-order valence-corrected chi connectivity index (χ0v) is 14.7. The summed E-state index contributed by atoms with van der Waals surface area (Å²) in [5.41, 5.74) is 0.960. The smallest absolute Gasteiger partial charge is 0.406 e. The molecule has 0 aromatic heterocycles. The van der Waals surface area contributed by atoms with Crippen molar-refractivity contribution in [2.45, 2.75) is 25.4 Å². The summed E-state index contributed by atoms with van der Waals surface area (Å²) in [5, 5.41) is 17.5. The molecule has 2 aromatic carbocycles. The van der Waals surface area contributed by atoms with Crippen LogP contribution in [0.25, 0.3) is 0 Å². The van der Waals surface area contributed by atoms with Crippen LogP contribution in [-0.2, 0) is 16.2 Å². The number of amides is 1. The Morgan fingerprint density at radius 2 is 1.93 bits per heavy atom. The van der Waals surface area contributed by atoms with Gasteiger partial charge in [-0.1, -0.05) is 29.4 Å². The lowest BCUT2D eigenvalue weighted by molar-refractivity contribution is -0.385. The number of nitro benzene ring substituents is 1. The molecule has 0 radical (unpaired) electrons. The van der Waals surface area contributed by atoms with Crippen LogP contribution < -0.4 is 10.1 Å². The molecule has 29 heavy (non-hydrogen) atoms. The number of oxime groups is 1. The number of rotatable bonds is 6. The number of para-hydroxylation sites is 1. The molecular weight excluding hydrogens is 395 g/mol. The number of nitro groups is 1. The molecule has 3 rings (SSSR count). The highest BCUT2D eigenvalue weighted by atomic mass is 19.4. The third kappa shape index (κ3) is 5.21. The van der Waals surface area contributed by atoms with Gasteiger partial charge in [-0.2, -0.15) is 0 Å². The molecule has 1 amide bonds. The number of carbonyl (C=O) groups is 1. The van der Waals surface area contributed by atoms with E-state index in [1.165, 1.54) is 30.3 Å². The second kappa shape index (κ2) is 8.17. The Hall–Kier alpha value is -3.63. The van der Waals surface area contributed by atoms with Crippen LogP contribution in [-0.4, -0.2) is 29.0 Å². The van der Waals surface area contributed by atoms with Gasteiger partial charge in [-0.15, -0.1) is 13.2 Å². The first-order valence-electron chi connectivity index (χ1n) is 8.32. The molecule has 1 N–H and O–H groups in total. The van der Waals surface area contributed by atoms with Gasteiger partial charge in [0.15, 0.2) is 0 Å². The zero-order valence-electron chi connectivity index (χ0n) is 14.7. The highest BCUT2D eigenvalue weighted by Gasteiger charge is 2.32. The summed E-state index contributed by atoms with van der Waals surface area (Å²) < 4.78 is 40.2. The third-order valence-electron chi connectivity index (χ3n) is 4.00. The van der Waals surface area contributed by atoms with Crippen LogP contribution >= 0.6 is 0 Å². The molecule has 152 valence electrons. The van der Waals surface area contributed by atoms with Crippen LogP contribution in [0.4, 0.5) is 18.9 Å². The predicted molar refractivity (Wildman–Crippen MR) is 94.1 cm³/mol. The maximum Gasteiger partial charge on any atom is 0.573 e. The van der Waals surface area contributed by atoms with E-state index in [0.29, 0.717) is 5.56 Å². The average Bonchev–Trinajstić information content (AvgIpc) is 3.16. The summed E-state index contributed by atoms with van der Waals surface area (Å²) in [5.74, 6) is -0.868. The van der Waals surface area contributed by atoms with E-state index in [0.717, 1.165) is 12.1 Å². The summed E-state index contributed by atoms with van der Waals surface area (Å²) in [7, 11) is 0. The van der Waals surface area contributed by atoms with E-state index < -0.39 is 23.3 Å². The summed E-state index contributed by atoms with van der Waals surface area (Å²) >= 11 is 0. The summed E-state index contributed by atoms with van der Waals surface area (Å²) in [6.45, 7) is 0.0474. The summed E-state index contributed by atoms with van der Waals surface area (Å²) in [6.07, 6.45) is -5.69. The summed E-state index contributed by atoms with van der Waals surface area (Å²) in [6, 6.07) is 11.0. The van der Waals surface area contributed by atoms with Gasteiger partial charge in [0.1, 0.15) is 5.75 Å². The van der Waals surface area contributed by atoms with Crippen molar-refractivity contribution in [3.8, 4) is 5.75 Å². The molecular formula is C18H14F3N3O5. The molecule has 1 atom stereocenters. The van der Waals surface area contributed by atoms with E-state index in [-0.39, 0.29) is 35.7 Å². The fraction of sp³-hybridized carbons (Fsp3) is 0.222. The molecule has 1 heterocycles. The number of nitrogens with zero attached hydrogens (tertiary/aromatic N) is 2. The number of alkyl halides is 3. The van der Waals surface area contributed by atoms with Crippen molar-refractivity contribution in [3.63, 3.8) is 0 Å². The Labute approximate surface area is 162 Å². The molecule has 0 bridgehead atoms. The second-order valence-electron chi connectivity index (χ2n) is 6.02. The largest absolute Gasteiger partial charge is 0.573 e. The number of hydrogen-bond donors (Lipinski definition) is 1. The number of carbonyl (C=O) groups excluding carboxylic acids is 1. The fourth-order valence-corrected chi connectivity index (χ4v) is 2.67. The van der Waals surface area contributed by atoms with E-state index in [9.17, 15) is 28.1 Å². The minimum atomic E-state index is -4.78. The Kier molecular flexibility index (Phi) is 5.66. The number of benzene rings is 2. The average molecular weight is 409 g/mol. The topological polar surface area (TPSA) is 103 Å². The number of halogens is 3. The maximum absolute atomic E-state index is 12.3. The van der Waals surface area contributed by atoms with E-state index >= 15 is 0 Å². The molecule has 1 aliphatic rings. The Morgan fingerprint density at radius 1 is 1.24 bits per heavy atom. The van der Waals surface area contributed by atoms with Crippen molar-refractivity contribution in [2.24, 2.45) is 5.16 Å². The lowest BCUT2D eigenvalue weighted by Gasteiger charge is -2.11. The first-order valence-corrected chi connectivity index (χ1v) is 8.32. The monoisotopic (exact) mass is 409 g/mol. The van der Waals surface area contributed by atoms with Gasteiger partial charge in [-0.05, 0) is 23.8 Å². The highest BCUT2D eigenvalue weighted by molar-refractivity contribution is 6.06. The minimum Gasteiger partial charge on any atom is -0.406 e. The van der Waals surface area contributed by atoms with Gasteiger partial charge < -0.3 is 14.9 Å². The Balaban J connectivity index is 1.55. The lowest BCUT2D eigenvalue weighted by atomic mass is 10.0. The Morgan fingerprint density at radius 3 is 2.59 bits per heavy atom. The fourth-order valence-electron chi connectivity index (χ4n) is 2.67. The number of hydrogen-bond acceptors (Lipinski definition) is 6. The highest BCUT2D eigenvalue weighted by Crippen LogP contribution is 2.25. The Bertz CT molecular complexity index is 945. The normalized spacial score (nSPS) is 16.0. The zero-order chi connectivity index (χ0) is 21.0. The van der Waals surface area contributed by atoms with Gasteiger partial charge in [0.05, 0.1) is 16.2 Å². The molecule has 8 nitrogen and oxygen atoms in total. The molecule has 0 spiro atoms. The lowest BCUT2D eigenvalue weighted by Crippen LogP contribution is -2.34. The number of ether oxygens (including phenoxy) is 1. The predicted octanol–water partition coefficient (Wildman–Crippen LogP) is 3.30.